The molecule has 2 aromatic heterocycles. The van der Waals surface area contributed by atoms with E-state index in [9.17, 15) is 9.59 Å². The van der Waals surface area contributed by atoms with Gasteiger partial charge in [-0.25, -0.2) is 4.68 Å². The van der Waals surface area contributed by atoms with Gasteiger partial charge in [0.05, 0.1) is 16.6 Å². The number of carbonyl (C=O) groups is 1. The number of fused-ring (bicyclic) bond motifs is 2. The van der Waals surface area contributed by atoms with Crippen LogP contribution < -0.4 is 10.9 Å². The summed E-state index contributed by atoms with van der Waals surface area (Å²) in [5, 5.41) is 8.92. The van der Waals surface area contributed by atoms with Crippen molar-refractivity contribution in [2.75, 3.05) is 5.32 Å². The van der Waals surface area contributed by atoms with Gasteiger partial charge in [0, 0.05) is 24.0 Å². The number of rotatable bonds is 2. The number of aromatic nitrogens is 3. The average molecular weight is 330 g/mol. The van der Waals surface area contributed by atoms with Crippen molar-refractivity contribution in [1.82, 2.24) is 14.8 Å². The topological polar surface area (TPSA) is 76.9 Å². The van der Waals surface area contributed by atoms with Crippen molar-refractivity contribution < 1.29 is 4.79 Å². The number of benzene rings is 2. The second-order valence-electron chi connectivity index (χ2n) is 5.66. The SMILES string of the molecule is Cn1nc(C(=O)Nc2cccc3cccnc23)c2ccccc2c1=O. The minimum atomic E-state index is -0.384. The molecule has 0 atom stereocenters. The van der Waals surface area contributed by atoms with Crippen LogP contribution in [0.4, 0.5) is 5.69 Å². The third-order valence-corrected chi connectivity index (χ3v) is 4.05. The predicted octanol–water partition coefficient (Wildman–Crippen LogP) is 2.73. The maximum Gasteiger partial charge on any atom is 0.276 e. The van der Waals surface area contributed by atoms with Gasteiger partial charge in [0.15, 0.2) is 5.69 Å². The van der Waals surface area contributed by atoms with Crippen LogP contribution in [0, 0.1) is 0 Å². The molecule has 0 saturated heterocycles. The van der Waals surface area contributed by atoms with Gasteiger partial charge in [0.2, 0.25) is 0 Å². The molecule has 4 aromatic rings. The third-order valence-electron chi connectivity index (χ3n) is 4.05. The van der Waals surface area contributed by atoms with Gasteiger partial charge in [-0.2, -0.15) is 5.10 Å². The molecule has 0 aliphatic heterocycles. The van der Waals surface area contributed by atoms with Crippen LogP contribution in [0.3, 0.4) is 0 Å². The van der Waals surface area contributed by atoms with Crippen molar-refractivity contribution in [3.8, 4) is 0 Å². The molecule has 25 heavy (non-hydrogen) atoms. The summed E-state index contributed by atoms with van der Waals surface area (Å²) in [6, 6.07) is 16.3. The highest BCUT2D eigenvalue weighted by Crippen LogP contribution is 2.22. The number of carbonyl (C=O) groups excluding carboxylic acids is 1. The summed E-state index contributed by atoms with van der Waals surface area (Å²) in [7, 11) is 1.53. The van der Waals surface area contributed by atoms with Crippen molar-refractivity contribution in [3.63, 3.8) is 0 Å². The third kappa shape index (κ3) is 2.53. The second-order valence-corrected chi connectivity index (χ2v) is 5.66. The lowest BCUT2D eigenvalue weighted by Gasteiger charge is -2.10. The Kier molecular flexibility index (Phi) is 3.50. The summed E-state index contributed by atoms with van der Waals surface area (Å²) >= 11 is 0. The normalized spacial score (nSPS) is 10.9. The van der Waals surface area contributed by atoms with E-state index in [0.717, 1.165) is 5.39 Å². The second kappa shape index (κ2) is 5.83. The number of para-hydroxylation sites is 1. The minimum absolute atomic E-state index is 0.200. The van der Waals surface area contributed by atoms with Crippen molar-refractivity contribution in [3.05, 3.63) is 76.8 Å². The Morgan fingerprint density at radius 1 is 1.00 bits per heavy atom. The van der Waals surface area contributed by atoms with Crippen LogP contribution in [0.2, 0.25) is 0 Å². The fourth-order valence-electron chi connectivity index (χ4n) is 2.85. The molecule has 0 aliphatic rings. The number of hydrogen-bond acceptors (Lipinski definition) is 4. The van der Waals surface area contributed by atoms with E-state index in [4.69, 9.17) is 0 Å². The van der Waals surface area contributed by atoms with E-state index in [0.29, 0.717) is 22.0 Å². The zero-order chi connectivity index (χ0) is 17.4. The fraction of sp³-hybridized carbons (Fsp3) is 0.0526. The molecule has 0 radical (unpaired) electrons. The smallest absolute Gasteiger partial charge is 0.276 e. The standard InChI is InChI=1S/C19H14N4O2/c1-23-19(25)14-9-3-2-8-13(14)17(22-23)18(24)21-15-10-4-6-12-7-5-11-20-16(12)15/h2-11H,1H3,(H,21,24). The lowest BCUT2D eigenvalue weighted by atomic mass is 10.1. The van der Waals surface area contributed by atoms with Gasteiger partial charge in [-0.3, -0.25) is 14.6 Å². The Morgan fingerprint density at radius 2 is 1.76 bits per heavy atom. The van der Waals surface area contributed by atoms with Crippen LogP contribution in [0.5, 0.6) is 0 Å². The van der Waals surface area contributed by atoms with Crippen molar-refractivity contribution in [2.45, 2.75) is 0 Å². The molecule has 1 amide bonds. The van der Waals surface area contributed by atoms with Gasteiger partial charge in [-0.1, -0.05) is 36.4 Å². The first-order chi connectivity index (χ1) is 12.1. The fourth-order valence-corrected chi connectivity index (χ4v) is 2.85. The van der Waals surface area contributed by atoms with Gasteiger partial charge in [0.1, 0.15) is 0 Å². The first-order valence-electron chi connectivity index (χ1n) is 7.76. The number of amides is 1. The largest absolute Gasteiger partial charge is 0.319 e. The number of nitrogens with zero attached hydrogens (tertiary/aromatic N) is 3. The molecule has 6 nitrogen and oxygen atoms in total. The van der Waals surface area contributed by atoms with Gasteiger partial charge in [-0.05, 0) is 18.2 Å². The molecule has 1 N–H and O–H groups in total. The zero-order valence-corrected chi connectivity index (χ0v) is 13.4. The van der Waals surface area contributed by atoms with Gasteiger partial charge >= 0.3 is 0 Å². The lowest BCUT2D eigenvalue weighted by molar-refractivity contribution is 0.102. The molecular formula is C19H14N4O2. The van der Waals surface area contributed by atoms with Crippen LogP contribution in [0.1, 0.15) is 10.5 Å². The molecule has 0 spiro atoms. The van der Waals surface area contributed by atoms with E-state index >= 15 is 0 Å². The van der Waals surface area contributed by atoms with Crippen molar-refractivity contribution in [2.24, 2.45) is 7.05 Å². The van der Waals surface area contributed by atoms with E-state index in [-0.39, 0.29) is 17.2 Å². The first-order valence-corrected chi connectivity index (χ1v) is 7.76. The number of anilines is 1. The summed E-state index contributed by atoms with van der Waals surface area (Å²) < 4.78 is 1.18. The summed E-state index contributed by atoms with van der Waals surface area (Å²) in [5.41, 5.74) is 1.26. The number of pyridine rings is 1. The molecule has 0 aliphatic carbocycles. The molecular weight excluding hydrogens is 316 g/mol. The highest BCUT2D eigenvalue weighted by Gasteiger charge is 2.16. The van der Waals surface area contributed by atoms with Crippen LogP contribution in [-0.4, -0.2) is 20.7 Å². The molecule has 122 valence electrons. The number of nitrogens with one attached hydrogen (secondary N) is 1. The van der Waals surface area contributed by atoms with Gasteiger partial charge in [-0.15, -0.1) is 0 Å². The van der Waals surface area contributed by atoms with Gasteiger partial charge < -0.3 is 5.32 Å². The van der Waals surface area contributed by atoms with Crippen LogP contribution in [0.15, 0.2) is 65.6 Å². The summed E-state index contributed by atoms with van der Waals surface area (Å²) in [4.78, 5) is 29.3. The molecule has 0 unspecified atom stereocenters. The Balaban J connectivity index is 1.83. The monoisotopic (exact) mass is 330 g/mol. The van der Waals surface area contributed by atoms with E-state index in [1.165, 1.54) is 11.7 Å². The lowest BCUT2D eigenvalue weighted by Crippen LogP contribution is -2.25. The highest BCUT2D eigenvalue weighted by atomic mass is 16.2. The molecule has 0 bridgehead atoms. The van der Waals surface area contributed by atoms with E-state index in [2.05, 4.69) is 15.4 Å². The maximum atomic E-state index is 12.8. The van der Waals surface area contributed by atoms with Crippen molar-refractivity contribution in [1.29, 1.82) is 0 Å². The van der Waals surface area contributed by atoms with E-state index in [1.54, 1.807) is 36.5 Å². The Bertz CT molecular complexity index is 1180. The first kappa shape index (κ1) is 15.0. The van der Waals surface area contributed by atoms with Crippen LogP contribution in [0.25, 0.3) is 21.7 Å². The number of hydrogen-bond donors (Lipinski definition) is 1. The predicted molar refractivity (Wildman–Crippen MR) is 96.7 cm³/mol. The van der Waals surface area contributed by atoms with E-state index in [1.807, 2.05) is 24.3 Å². The molecule has 2 aromatic carbocycles. The van der Waals surface area contributed by atoms with Crippen molar-refractivity contribution >= 4 is 33.3 Å². The molecule has 2 heterocycles. The Morgan fingerprint density at radius 3 is 2.60 bits per heavy atom. The Labute approximate surface area is 142 Å². The van der Waals surface area contributed by atoms with Crippen LogP contribution >= 0.6 is 0 Å². The molecule has 6 heteroatoms. The summed E-state index contributed by atoms with van der Waals surface area (Å²) in [6.07, 6.45) is 1.68. The summed E-state index contributed by atoms with van der Waals surface area (Å²) in [6.45, 7) is 0. The minimum Gasteiger partial charge on any atom is -0.319 e. The summed E-state index contributed by atoms with van der Waals surface area (Å²) in [5.74, 6) is -0.384. The molecule has 4 rings (SSSR count). The quantitative estimate of drug-likeness (QED) is 0.613. The van der Waals surface area contributed by atoms with Gasteiger partial charge in [0.25, 0.3) is 11.5 Å². The zero-order valence-electron chi connectivity index (χ0n) is 13.4. The molecule has 0 fully saturated rings. The highest BCUT2D eigenvalue weighted by molar-refractivity contribution is 6.13. The Hall–Kier alpha value is -3.54. The number of aryl methyl sites for hydroxylation is 1. The van der Waals surface area contributed by atoms with Crippen LogP contribution in [-0.2, 0) is 7.05 Å². The maximum absolute atomic E-state index is 12.8. The average Bonchev–Trinajstić information content (AvgIpc) is 2.65. The van der Waals surface area contributed by atoms with E-state index < -0.39 is 0 Å². The molecule has 0 saturated carbocycles.